The predicted molar refractivity (Wildman–Crippen MR) is 83.0 cm³/mol. The first-order valence-corrected chi connectivity index (χ1v) is 7.46. The Morgan fingerprint density at radius 3 is 2.75 bits per heavy atom. The Hall–Kier alpha value is -1.90. The van der Waals surface area contributed by atoms with Crippen LogP contribution in [0.2, 0.25) is 0 Å². The summed E-state index contributed by atoms with van der Waals surface area (Å²) in [4.78, 5) is 9.03. The second kappa shape index (κ2) is 5.61. The van der Waals surface area contributed by atoms with Crippen molar-refractivity contribution in [2.24, 2.45) is 0 Å². The molecule has 1 aliphatic rings. The van der Waals surface area contributed by atoms with E-state index in [1.165, 1.54) is 30.4 Å². The Balaban J connectivity index is 1.95. The number of hydrogen-bond donors (Lipinski definition) is 1. The SMILES string of the molecule is CCNc1nc(C)cc(-c2cccc(C3CCC3)c2)n1. The first-order valence-electron chi connectivity index (χ1n) is 7.46. The van der Waals surface area contributed by atoms with Gasteiger partial charge in [-0.3, -0.25) is 0 Å². The number of benzene rings is 1. The van der Waals surface area contributed by atoms with Crippen molar-refractivity contribution in [2.75, 3.05) is 11.9 Å². The van der Waals surface area contributed by atoms with Crippen LogP contribution < -0.4 is 5.32 Å². The Morgan fingerprint density at radius 2 is 2.05 bits per heavy atom. The third-order valence-electron chi connectivity index (χ3n) is 3.95. The summed E-state index contributed by atoms with van der Waals surface area (Å²) in [6.07, 6.45) is 4.02. The van der Waals surface area contributed by atoms with E-state index in [2.05, 4.69) is 52.5 Å². The van der Waals surface area contributed by atoms with Crippen molar-refractivity contribution < 1.29 is 0 Å². The minimum atomic E-state index is 0.719. The summed E-state index contributed by atoms with van der Waals surface area (Å²) < 4.78 is 0. The molecular formula is C17H21N3. The minimum absolute atomic E-state index is 0.719. The van der Waals surface area contributed by atoms with Gasteiger partial charge in [0, 0.05) is 17.8 Å². The Labute approximate surface area is 120 Å². The van der Waals surface area contributed by atoms with E-state index in [9.17, 15) is 0 Å². The van der Waals surface area contributed by atoms with Gasteiger partial charge in [0.15, 0.2) is 0 Å². The number of aryl methyl sites for hydroxylation is 1. The van der Waals surface area contributed by atoms with Crippen LogP contribution in [0.25, 0.3) is 11.3 Å². The highest BCUT2D eigenvalue weighted by Crippen LogP contribution is 2.37. The number of hydrogen-bond acceptors (Lipinski definition) is 3. The molecule has 1 aromatic carbocycles. The van der Waals surface area contributed by atoms with E-state index in [-0.39, 0.29) is 0 Å². The zero-order valence-corrected chi connectivity index (χ0v) is 12.2. The van der Waals surface area contributed by atoms with Crippen LogP contribution in [-0.4, -0.2) is 16.5 Å². The number of aromatic nitrogens is 2. The molecule has 0 radical (unpaired) electrons. The van der Waals surface area contributed by atoms with Crippen LogP contribution in [-0.2, 0) is 0 Å². The van der Waals surface area contributed by atoms with Gasteiger partial charge >= 0.3 is 0 Å². The van der Waals surface area contributed by atoms with Crippen LogP contribution in [0.3, 0.4) is 0 Å². The van der Waals surface area contributed by atoms with Gasteiger partial charge in [-0.25, -0.2) is 9.97 Å². The summed E-state index contributed by atoms with van der Waals surface area (Å²) in [6, 6.07) is 10.9. The molecule has 0 atom stereocenters. The molecule has 0 spiro atoms. The fraction of sp³-hybridized carbons (Fsp3) is 0.412. The molecule has 3 nitrogen and oxygen atoms in total. The van der Waals surface area contributed by atoms with Gasteiger partial charge in [-0.2, -0.15) is 0 Å². The number of nitrogens with one attached hydrogen (secondary N) is 1. The third kappa shape index (κ3) is 2.67. The second-order valence-electron chi connectivity index (χ2n) is 5.50. The molecule has 20 heavy (non-hydrogen) atoms. The van der Waals surface area contributed by atoms with Crippen LogP contribution >= 0.6 is 0 Å². The number of rotatable bonds is 4. The van der Waals surface area contributed by atoms with Crippen molar-refractivity contribution in [3.05, 3.63) is 41.6 Å². The molecule has 3 rings (SSSR count). The van der Waals surface area contributed by atoms with E-state index in [1.54, 1.807) is 0 Å². The maximum atomic E-state index is 4.62. The summed E-state index contributed by atoms with van der Waals surface area (Å²) in [5.41, 5.74) is 4.66. The standard InChI is InChI=1S/C17H21N3/c1-3-18-17-19-12(2)10-16(20-17)15-9-5-8-14(11-15)13-6-4-7-13/h5,8-11,13H,3-4,6-7H2,1-2H3,(H,18,19,20). The molecule has 0 aliphatic heterocycles. The van der Waals surface area contributed by atoms with Crippen LogP contribution in [0.1, 0.15) is 43.4 Å². The molecule has 3 heteroatoms. The zero-order chi connectivity index (χ0) is 13.9. The zero-order valence-electron chi connectivity index (χ0n) is 12.2. The second-order valence-corrected chi connectivity index (χ2v) is 5.50. The van der Waals surface area contributed by atoms with Gasteiger partial charge in [-0.1, -0.05) is 24.6 Å². The molecule has 0 unspecified atom stereocenters. The molecule has 1 aliphatic carbocycles. The summed E-state index contributed by atoms with van der Waals surface area (Å²) >= 11 is 0. The highest BCUT2D eigenvalue weighted by atomic mass is 15.1. The van der Waals surface area contributed by atoms with E-state index < -0.39 is 0 Å². The summed E-state index contributed by atoms with van der Waals surface area (Å²) in [7, 11) is 0. The largest absolute Gasteiger partial charge is 0.354 e. The van der Waals surface area contributed by atoms with Gasteiger partial charge < -0.3 is 5.32 Å². The smallest absolute Gasteiger partial charge is 0.223 e. The lowest BCUT2D eigenvalue weighted by Gasteiger charge is -2.26. The number of anilines is 1. The highest BCUT2D eigenvalue weighted by molar-refractivity contribution is 5.62. The first kappa shape index (κ1) is 13.1. The molecule has 0 bridgehead atoms. The molecule has 104 valence electrons. The minimum Gasteiger partial charge on any atom is -0.354 e. The summed E-state index contributed by atoms with van der Waals surface area (Å²) in [5.74, 6) is 1.47. The van der Waals surface area contributed by atoms with Crippen molar-refractivity contribution in [2.45, 2.75) is 39.0 Å². The van der Waals surface area contributed by atoms with Crippen molar-refractivity contribution in [3.63, 3.8) is 0 Å². The molecule has 1 saturated carbocycles. The van der Waals surface area contributed by atoms with Crippen molar-refractivity contribution in [1.82, 2.24) is 9.97 Å². The molecule has 0 saturated heterocycles. The third-order valence-corrected chi connectivity index (χ3v) is 3.95. The monoisotopic (exact) mass is 267 g/mol. The lowest BCUT2D eigenvalue weighted by atomic mass is 9.79. The maximum Gasteiger partial charge on any atom is 0.223 e. The van der Waals surface area contributed by atoms with E-state index in [0.717, 1.165) is 29.8 Å². The highest BCUT2D eigenvalue weighted by Gasteiger charge is 2.19. The fourth-order valence-corrected chi connectivity index (χ4v) is 2.65. The molecular weight excluding hydrogens is 246 g/mol. The average molecular weight is 267 g/mol. The van der Waals surface area contributed by atoms with Crippen LogP contribution in [0.5, 0.6) is 0 Å². The average Bonchev–Trinajstić information content (AvgIpc) is 2.37. The van der Waals surface area contributed by atoms with E-state index in [4.69, 9.17) is 0 Å². The van der Waals surface area contributed by atoms with Crippen molar-refractivity contribution >= 4 is 5.95 Å². The van der Waals surface area contributed by atoms with Crippen LogP contribution in [0.15, 0.2) is 30.3 Å². The Kier molecular flexibility index (Phi) is 3.68. The Morgan fingerprint density at radius 1 is 1.20 bits per heavy atom. The molecule has 0 amide bonds. The first-order chi connectivity index (χ1) is 9.76. The molecule has 1 aromatic heterocycles. The lowest BCUT2D eigenvalue weighted by Crippen LogP contribution is -2.08. The normalized spacial score (nSPS) is 14.9. The predicted octanol–water partition coefficient (Wildman–Crippen LogP) is 4.15. The van der Waals surface area contributed by atoms with Crippen molar-refractivity contribution in [3.8, 4) is 11.3 Å². The molecule has 1 fully saturated rings. The van der Waals surface area contributed by atoms with Gasteiger partial charge in [-0.05, 0) is 50.3 Å². The van der Waals surface area contributed by atoms with Crippen LogP contribution in [0, 0.1) is 6.92 Å². The molecule has 2 aromatic rings. The van der Waals surface area contributed by atoms with E-state index in [0.29, 0.717) is 0 Å². The van der Waals surface area contributed by atoms with Gasteiger partial charge in [-0.15, -0.1) is 0 Å². The lowest BCUT2D eigenvalue weighted by molar-refractivity contribution is 0.420. The summed E-state index contributed by atoms with van der Waals surface area (Å²) in [6.45, 7) is 4.91. The topological polar surface area (TPSA) is 37.8 Å². The fourth-order valence-electron chi connectivity index (χ4n) is 2.65. The van der Waals surface area contributed by atoms with Gasteiger partial charge in [0.1, 0.15) is 0 Å². The van der Waals surface area contributed by atoms with E-state index >= 15 is 0 Å². The maximum absolute atomic E-state index is 4.62. The van der Waals surface area contributed by atoms with E-state index in [1.807, 2.05) is 6.92 Å². The molecule has 1 N–H and O–H groups in total. The van der Waals surface area contributed by atoms with Crippen LogP contribution in [0.4, 0.5) is 5.95 Å². The summed E-state index contributed by atoms with van der Waals surface area (Å²) in [5, 5.41) is 3.20. The van der Waals surface area contributed by atoms with Crippen molar-refractivity contribution in [1.29, 1.82) is 0 Å². The molecule has 1 heterocycles. The quantitative estimate of drug-likeness (QED) is 0.904. The Bertz CT molecular complexity index is 603. The van der Waals surface area contributed by atoms with Gasteiger partial charge in [0.05, 0.1) is 5.69 Å². The van der Waals surface area contributed by atoms with Gasteiger partial charge in [0.25, 0.3) is 0 Å². The van der Waals surface area contributed by atoms with Gasteiger partial charge in [0.2, 0.25) is 5.95 Å². The number of nitrogens with zero attached hydrogens (tertiary/aromatic N) is 2.